The van der Waals surface area contributed by atoms with Gasteiger partial charge in [0.1, 0.15) is 5.82 Å². The molecule has 3 heteroatoms. The van der Waals surface area contributed by atoms with E-state index in [0.717, 1.165) is 32.1 Å². The third kappa shape index (κ3) is 2.55. The van der Waals surface area contributed by atoms with Gasteiger partial charge in [0.15, 0.2) is 0 Å². The number of hydrogen-bond donors (Lipinski definition) is 1. The maximum Gasteiger partial charge on any atom is 0.127 e. The molecule has 1 nitrogen and oxygen atoms in total. The molecule has 18 heavy (non-hydrogen) atoms. The summed E-state index contributed by atoms with van der Waals surface area (Å²) in [6, 6.07) is 4.68. The summed E-state index contributed by atoms with van der Waals surface area (Å²) in [6.07, 6.45) is 5.16. The second-order valence-corrected chi connectivity index (χ2v) is 5.75. The number of benzene rings is 1. The maximum absolute atomic E-state index is 13.7. The summed E-state index contributed by atoms with van der Waals surface area (Å²) in [5.74, 6) is -0.314. The minimum absolute atomic E-state index is 0.0361. The molecule has 1 fully saturated rings. The zero-order chi connectivity index (χ0) is 13.2. The fourth-order valence-corrected chi connectivity index (χ4v) is 3.38. The van der Waals surface area contributed by atoms with Crippen molar-refractivity contribution in [2.45, 2.75) is 51.6 Å². The summed E-state index contributed by atoms with van der Waals surface area (Å²) in [4.78, 5) is 0. The van der Waals surface area contributed by atoms with Crippen molar-refractivity contribution in [2.75, 3.05) is 0 Å². The van der Waals surface area contributed by atoms with Crippen LogP contribution in [0, 0.1) is 11.2 Å². The molecule has 0 aliphatic heterocycles. The van der Waals surface area contributed by atoms with Gasteiger partial charge >= 0.3 is 0 Å². The average molecular weight is 271 g/mol. The largest absolute Gasteiger partial charge is 0.392 e. The van der Waals surface area contributed by atoms with Crippen LogP contribution in [0.15, 0.2) is 18.2 Å². The Hall–Kier alpha value is -0.600. The molecule has 1 aliphatic carbocycles. The molecule has 0 amide bonds. The molecule has 0 bridgehead atoms. The Morgan fingerprint density at radius 3 is 2.61 bits per heavy atom. The Kier molecular flexibility index (Phi) is 4.29. The lowest BCUT2D eigenvalue weighted by Gasteiger charge is -2.33. The van der Waals surface area contributed by atoms with Crippen LogP contribution in [0.2, 0.25) is 5.02 Å². The molecular weight excluding hydrogens is 251 g/mol. The third-order valence-corrected chi connectivity index (χ3v) is 4.82. The van der Waals surface area contributed by atoms with Gasteiger partial charge in [0.05, 0.1) is 6.10 Å². The van der Waals surface area contributed by atoms with Gasteiger partial charge in [0.2, 0.25) is 0 Å². The first-order chi connectivity index (χ1) is 8.59. The molecule has 0 saturated heterocycles. The Morgan fingerprint density at radius 2 is 2.06 bits per heavy atom. The molecular formula is C15H20ClFO. The molecule has 1 saturated carbocycles. The Labute approximate surface area is 113 Å². The van der Waals surface area contributed by atoms with Crippen molar-refractivity contribution in [3.8, 4) is 0 Å². The maximum atomic E-state index is 13.7. The van der Waals surface area contributed by atoms with Crippen LogP contribution in [-0.4, -0.2) is 11.2 Å². The molecule has 0 radical (unpaired) electrons. The molecule has 1 aromatic carbocycles. The van der Waals surface area contributed by atoms with E-state index in [0.29, 0.717) is 17.0 Å². The minimum Gasteiger partial charge on any atom is -0.392 e. The van der Waals surface area contributed by atoms with E-state index < -0.39 is 6.10 Å². The summed E-state index contributed by atoms with van der Waals surface area (Å²) < 4.78 is 13.7. The van der Waals surface area contributed by atoms with Gasteiger partial charge in [-0.3, -0.25) is 0 Å². The van der Waals surface area contributed by atoms with Gasteiger partial charge in [-0.15, -0.1) is 0 Å². The number of rotatable bonds is 4. The summed E-state index contributed by atoms with van der Waals surface area (Å²) in [6.45, 7) is 2.11. The van der Waals surface area contributed by atoms with Crippen molar-refractivity contribution in [3.05, 3.63) is 34.6 Å². The van der Waals surface area contributed by atoms with Gasteiger partial charge in [0.25, 0.3) is 0 Å². The first-order valence-electron chi connectivity index (χ1n) is 6.70. The van der Waals surface area contributed by atoms with Crippen LogP contribution < -0.4 is 0 Å². The van der Waals surface area contributed by atoms with Crippen molar-refractivity contribution in [3.63, 3.8) is 0 Å². The van der Waals surface area contributed by atoms with Crippen LogP contribution in [0.1, 0.15) is 44.6 Å². The number of aliphatic hydroxyl groups excluding tert-OH is 1. The molecule has 2 rings (SSSR count). The van der Waals surface area contributed by atoms with Crippen LogP contribution in [0.3, 0.4) is 0 Å². The first-order valence-corrected chi connectivity index (χ1v) is 7.08. The third-order valence-electron chi connectivity index (χ3n) is 4.47. The summed E-state index contributed by atoms with van der Waals surface area (Å²) >= 11 is 6.02. The zero-order valence-corrected chi connectivity index (χ0v) is 11.5. The monoisotopic (exact) mass is 270 g/mol. The molecule has 0 spiro atoms. The molecule has 0 aromatic heterocycles. The van der Waals surface area contributed by atoms with Crippen LogP contribution in [0.5, 0.6) is 0 Å². The molecule has 1 atom stereocenters. The topological polar surface area (TPSA) is 20.2 Å². The zero-order valence-electron chi connectivity index (χ0n) is 10.8. The van der Waals surface area contributed by atoms with E-state index in [9.17, 15) is 9.50 Å². The average Bonchev–Trinajstić information content (AvgIpc) is 2.84. The number of halogens is 2. The van der Waals surface area contributed by atoms with Crippen LogP contribution in [-0.2, 0) is 6.42 Å². The second kappa shape index (κ2) is 5.58. The quantitative estimate of drug-likeness (QED) is 0.862. The number of aliphatic hydroxyl groups is 1. The lowest BCUT2D eigenvalue weighted by molar-refractivity contribution is 0.0252. The van der Waals surface area contributed by atoms with E-state index in [1.54, 1.807) is 12.1 Å². The normalized spacial score (nSPS) is 20.0. The smallest absolute Gasteiger partial charge is 0.127 e. The summed E-state index contributed by atoms with van der Waals surface area (Å²) in [7, 11) is 0. The molecule has 100 valence electrons. The Bertz CT molecular complexity index is 393. The van der Waals surface area contributed by atoms with E-state index in [-0.39, 0.29) is 11.2 Å². The van der Waals surface area contributed by atoms with Gasteiger partial charge in [-0.1, -0.05) is 37.4 Å². The fraction of sp³-hybridized carbons (Fsp3) is 0.600. The van der Waals surface area contributed by atoms with E-state index in [2.05, 4.69) is 6.92 Å². The van der Waals surface area contributed by atoms with E-state index in [4.69, 9.17) is 11.6 Å². The van der Waals surface area contributed by atoms with Crippen molar-refractivity contribution in [1.29, 1.82) is 0 Å². The highest BCUT2D eigenvalue weighted by Gasteiger charge is 2.39. The first kappa shape index (κ1) is 13.8. The van der Waals surface area contributed by atoms with Crippen LogP contribution in [0.25, 0.3) is 0 Å². The lowest BCUT2D eigenvalue weighted by Crippen LogP contribution is -2.34. The standard InChI is InChI=1S/C15H20ClFO/c1-2-15(8-3-4-9-15)14(18)10-11-12(16)6-5-7-13(11)17/h5-7,14,18H,2-4,8-10H2,1H3. The molecule has 1 aromatic rings. The van der Waals surface area contributed by atoms with Gasteiger partial charge in [0, 0.05) is 17.0 Å². The second-order valence-electron chi connectivity index (χ2n) is 5.34. The van der Waals surface area contributed by atoms with Gasteiger partial charge < -0.3 is 5.11 Å². The highest BCUT2D eigenvalue weighted by Crippen LogP contribution is 2.45. The SMILES string of the molecule is CCC1(C(O)Cc2c(F)cccc2Cl)CCCC1. The minimum atomic E-state index is -0.501. The van der Waals surface area contributed by atoms with Crippen molar-refractivity contribution >= 4 is 11.6 Å². The molecule has 0 heterocycles. The van der Waals surface area contributed by atoms with Gasteiger partial charge in [-0.2, -0.15) is 0 Å². The van der Waals surface area contributed by atoms with E-state index >= 15 is 0 Å². The highest BCUT2D eigenvalue weighted by atomic mass is 35.5. The number of hydrogen-bond acceptors (Lipinski definition) is 1. The van der Waals surface area contributed by atoms with Gasteiger partial charge in [-0.05, 0) is 36.8 Å². The van der Waals surface area contributed by atoms with E-state index in [1.807, 2.05) is 0 Å². The fourth-order valence-electron chi connectivity index (χ4n) is 3.14. The Balaban J connectivity index is 2.18. The predicted molar refractivity (Wildman–Crippen MR) is 72.3 cm³/mol. The molecule has 1 N–H and O–H groups in total. The molecule has 1 aliphatic rings. The molecule has 1 unspecified atom stereocenters. The van der Waals surface area contributed by atoms with Crippen LogP contribution in [0.4, 0.5) is 4.39 Å². The summed E-state index contributed by atoms with van der Waals surface area (Å²) in [5, 5.41) is 10.9. The van der Waals surface area contributed by atoms with Crippen molar-refractivity contribution < 1.29 is 9.50 Å². The van der Waals surface area contributed by atoms with Crippen molar-refractivity contribution in [1.82, 2.24) is 0 Å². The Morgan fingerprint density at radius 1 is 1.39 bits per heavy atom. The highest BCUT2D eigenvalue weighted by molar-refractivity contribution is 6.31. The van der Waals surface area contributed by atoms with Crippen molar-refractivity contribution in [2.24, 2.45) is 5.41 Å². The predicted octanol–water partition coefficient (Wildman–Crippen LogP) is 4.35. The lowest BCUT2D eigenvalue weighted by atomic mass is 9.76. The van der Waals surface area contributed by atoms with Crippen LogP contribution >= 0.6 is 11.6 Å². The summed E-state index contributed by atoms with van der Waals surface area (Å²) in [5.41, 5.74) is 0.414. The van der Waals surface area contributed by atoms with Gasteiger partial charge in [-0.25, -0.2) is 4.39 Å². The van der Waals surface area contributed by atoms with E-state index in [1.165, 1.54) is 6.07 Å².